The van der Waals surface area contributed by atoms with E-state index in [1.165, 1.54) is 0 Å². The number of hydrogen-bond donors (Lipinski definition) is 1. The van der Waals surface area contributed by atoms with E-state index < -0.39 is 9.84 Å². The molecule has 0 fully saturated rings. The van der Waals surface area contributed by atoms with Crippen LogP contribution in [0, 0.1) is 0 Å². The largest absolute Gasteiger partial charge is 0.478 e. The molecule has 6 heteroatoms. The van der Waals surface area contributed by atoms with Gasteiger partial charge in [0.2, 0.25) is 0 Å². The minimum Gasteiger partial charge on any atom is -0.478 e. The van der Waals surface area contributed by atoms with Gasteiger partial charge in [-0.1, -0.05) is 12.1 Å². The van der Waals surface area contributed by atoms with Crippen molar-refractivity contribution < 1.29 is 23.3 Å². The Morgan fingerprint density at radius 2 is 1.87 bits per heavy atom. The van der Waals surface area contributed by atoms with E-state index >= 15 is 0 Å². The van der Waals surface area contributed by atoms with Gasteiger partial charge < -0.3 is 4.74 Å². The molecule has 0 atom stereocenters. The Balaban J connectivity index is 2.57. The molecule has 0 bridgehead atoms. The fourth-order valence-corrected chi connectivity index (χ4v) is 1.28. The lowest BCUT2D eigenvalue weighted by Gasteiger charge is -2.05. The first-order valence-corrected chi connectivity index (χ1v) is 6.23. The van der Waals surface area contributed by atoms with Gasteiger partial charge in [0.1, 0.15) is 12.4 Å². The van der Waals surface area contributed by atoms with E-state index in [0.717, 1.165) is 11.8 Å². The van der Waals surface area contributed by atoms with Crippen LogP contribution in [-0.4, -0.2) is 25.9 Å². The van der Waals surface area contributed by atoms with Gasteiger partial charge in [-0.15, -0.1) is 0 Å². The van der Waals surface area contributed by atoms with E-state index in [4.69, 9.17) is 9.99 Å². The Morgan fingerprint density at radius 1 is 1.27 bits per heavy atom. The van der Waals surface area contributed by atoms with E-state index in [1.54, 1.807) is 24.3 Å². The van der Waals surface area contributed by atoms with Crippen LogP contribution in [0.2, 0.25) is 0 Å². The van der Waals surface area contributed by atoms with Crippen LogP contribution in [0.4, 0.5) is 0 Å². The van der Waals surface area contributed by atoms with Crippen molar-refractivity contribution >= 4 is 9.84 Å². The molecule has 1 rings (SSSR count). The number of sulfone groups is 1. The van der Waals surface area contributed by atoms with Gasteiger partial charge in [-0.25, -0.2) is 13.3 Å². The summed E-state index contributed by atoms with van der Waals surface area (Å²) in [4.78, 5) is 3.95. The molecule has 1 N–H and O–H groups in total. The SMILES string of the molecule is CS(=O)(=O)COc1ccc(COO)cc1. The van der Waals surface area contributed by atoms with Crippen molar-refractivity contribution in [2.75, 3.05) is 12.2 Å². The van der Waals surface area contributed by atoms with Crippen molar-refractivity contribution in [2.45, 2.75) is 6.61 Å². The van der Waals surface area contributed by atoms with Gasteiger partial charge in [-0.2, -0.15) is 0 Å². The third kappa shape index (κ3) is 4.78. The quantitative estimate of drug-likeness (QED) is 0.607. The Morgan fingerprint density at radius 3 is 2.33 bits per heavy atom. The summed E-state index contributed by atoms with van der Waals surface area (Å²) in [6.45, 7) is 0.0896. The van der Waals surface area contributed by atoms with Crippen LogP contribution in [0.1, 0.15) is 5.56 Å². The first-order chi connectivity index (χ1) is 7.01. The van der Waals surface area contributed by atoms with E-state index in [0.29, 0.717) is 5.75 Å². The van der Waals surface area contributed by atoms with Crippen molar-refractivity contribution in [3.05, 3.63) is 29.8 Å². The van der Waals surface area contributed by atoms with Crippen LogP contribution in [-0.2, 0) is 21.3 Å². The van der Waals surface area contributed by atoms with Crippen molar-refractivity contribution in [1.82, 2.24) is 0 Å². The molecule has 84 valence electrons. The van der Waals surface area contributed by atoms with Gasteiger partial charge in [-0.05, 0) is 17.7 Å². The van der Waals surface area contributed by atoms with Crippen LogP contribution in [0.15, 0.2) is 24.3 Å². The minimum atomic E-state index is -3.13. The average Bonchev–Trinajstić information content (AvgIpc) is 2.16. The van der Waals surface area contributed by atoms with E-state index in [1.807, 2.05) is 0 Å². The van der Waals surface area contributed by atoms with Crippen LogP contribution in [0.25, 0.3) is 0 Å². The zero-order valence-electron chi connectivity index (χ0n) is 8.21. The molecule has 0 aromatic heterocycles. The van der Waals surface area contributed by atoms with Gasteiger partial charge in [0.05, 0.1) is 0 Å². The molecule has 0 saturated heterocycles. The normalized spacial score (nSPS) is 11.3. The smallest absolute Gasteiger partial charge is 0.188 e. The number of benzene rings is 1. The highest BCUT2D eigenvalue weighted by molar-refractivity contribution is 7.90. The summed E-state index contributed by atoms with van der Waals surface area (Å²) in [7, 11) is -3.13. The van der Waals surface area contributed by atoms with Crippen LogP contribution in [0.3, 0.4) is 0 Å². The standard InChI is InChI=1S/C9H12O5S/c1-15(11,12)7-13-9-4-2-8(3-5-9)6-14-10/h2-5,10H,6-7H2,1H3. The molecule has 1 aromatic carbocycles. The predicted octanol–water partition coefficient (Wildman–Crippen LogP) is 1.06. The molecule has 0 amide bonds. The van der Waals surface area contributed by atoms with E-state index in [2.05, 4.69) is 4.89 Å². The van der Waals surface area contributed by atoms with Crippen molar-refractivity contribution in [3.8, 4) is 5.75 Å². The molecule has 15 heavy (non-hydrogen) atoms. The van der Waals surface area contributed by atoms with Crippen molar-refractivity contribution in [1.29, 1.82) is 0 Å². The number of hydrogen-bond acceptors (Lipinski definition) is 5. The monoisotopic (exact) mass is 232 g/mol. The third-order valence-electron chi connectivity index (χ3n) is 1.59. The molecular weight excluding hydrogens is 220 g/mol. The highest BCUT2D eigenvalue weighted by Crippen LogP contribution is 2.12. The summed E-state index contributed by atoms with van der Waals surface area (Å²) in [5, 5.41) is 8.19. The molecule has 0 aliphatic rings. The maximum Gasteiger partial charge on any atom is 0.188 e. The molecule has 1 aromatic rings. The molecule has 0 unspecified atom stereocenters. The Hall–Kier alpha value is -1.11. The molecule has 0 saturated carbocycles. The number of rotatable bonds is 5. The molecule has 0 aliphatic carbocycles. The Labute approximate surface area is 88.1 Å². The summed E-state index contributed by atoms with van der Waals surface area (Å²) in [5.74, 6) is 0.116. The second-order valence-electron chi connectivity index (χ2n) is 3.11. The lowest BCUT2D eigenvalue weighted by molar-refractivity contribution is -0.253. The highest BCUT2D eigenvalue weighted by atomic mass is 32.2. The fraction of sp³-hybridized carbons (Fsp3) is 0.333. The highest BCUT2D eigenvalue weighted by Gasteiger charge is 2.03. The van der Waals surface area contributed by atoms with Crippen LogP contribution in [0.5, 0.6) is 5.75 Å². The number of ether oxygens (including phenoxy) is 1. The van der Waals surface area contributed by atoms with Crippen molar-refractivity contribution in [3.63, 3.8) is 0 Å². The third-order valence-corrected chi connectivity index (χ3v) is 2.14. The summed E-state index contributed by atoms with van der Waals surface area (Å²) in [5.41, 5.74) is 0.768. The fourth-order valence-electron chi connectivity index (χ4n) is 0.932. The van der Waals surface area contributed by atoms with Crippen LogP contribution >= 0.6 is 0 Å². The predicted molar refractivity (Wildman–Crippen MR) is 54.2 cm³/mol. The minimum absolute atomic E-state index is 0.0896. The van der Waals surface area contributed by atoms with Gasteiger partial charge in [0, 0.05) is 6.26 Å². The molecule has 0 spiro atoms. The van der Waals surface area contributed by atoms with Crippen LogP contribution < -0.4 is 4.74 Å². The lowest BCUT2D eigenvalue weighted by atomic mass is 10.2. The first kappa shape index (κ1) is 12.0. The molecule has 5 nitrogen and oxygen atoms in total. The van der Waals surface area contributed by atoms with Gasteiger partial charge in [-0.3, -0.25) is 5.26 Å². The summed E-state index contributed by atoms with van der Waals surface area (Å²) in [6.07, 6.45) is 1.10. The lowest BCUT2D eigenvalue weighted by Crippen LogP contribution is -2.09. The second kappa shape index (κ2) is 5.11. The summed E-state index contributed by atoms with van der Waals surface area (Å²) in [6, 6.07) is 6.57. The average molecular weight is 232 g/mol. The van der Waals surface area contributed by atoms with Gasteiger partial charge in [0.25, 0.3) is 0 Å². The molecular formula is C9H12O5S. The molecule has 0 aliphatic heterocycles. The van der Waals surface area contributed by atoms with E-state index in [9.17, 15) is 8.42 Å². The first-order valence-electron chi connectivity index (χ1n) is 4.17. The van der Waals surface area contributed by atoms with Gasteiger partial charge >= 0.3 is 0 Å². The van der Waals surface area contributed by atoms with Crippen molar-refractivity contribution in [2.24, 2.45) is 0 Å². The maximum atomic E-state index is 10.8. The van der Waals surface area contributed by atoms with Gasteiger partial charge in [0.15, 0.2) is 15.8 Å². The second-order valence-corrected chi connectivity index (χ2v) is 5.19. The molecule has 0 radical (unpaired) electrons. The zero-order chi connectivity index (χ0) is 11.3. The van der Waals surface area contributed by atoms with E-state index in [-0.39, 0.29) is 12.5 Å². The molecule has 0 heterocycles. The summed E-state index contributed by atoms with van der Waals surface area (Å²) < 4.78 is 26.6. The maximum absolute atomic E-state index is 10.8. The Kier molecular flexibility index (Phi) is 4.07. The topological polar surface area (TPSA) is 72.8 Å². The zero-order valence-corrected chi connectivity index (χ0v) is 9.03. The Bertz CT molecular complexity index is 395. The summed E-state index contributed by atoms with van der Waals surface area (Å²) >= 11 is 0.